The van der Waals surface area contributed by atoms with Gasteiger partial charge in [0.25, 0.3) is 0 Å². The quantitative estimate of drug-likeness (QED) is 0.840. The van der Waals surface area contributed by atoms with Gasteiger partial charge in [-0.3, -0.25) is 4.79 Å². The number of aromatic nitrogens is 2. The summed E-state index contributed by atoms with van der Waals surface area (Å²) < 4.78 is 5.71. The predicted octanol–water partition coefficient (Wildman–Crippen LogP) is 1.79. The molecule has 1 aromatic heterocycles. The summed E-state index contributed by atoms with van der Waals surface area (Å²) in [4.78, 5) is 19.6. The van der Waals surface area contributed by atoms with E-state index in [1.807, 2.05) is 6.07 Å². The highest BCUT2D eigenvalue weighted by atomic mass is 32.1. The zero-order valence-corrected chi connectivity index (χ0v) is 11.8. The number of aryl methyl sites for hydroxylation is 1. The molecule has 2 heterocycles. The van der Waals surface area contributed by atoms with E-state index in [4.69, 9.17) is 22.7 Å². The minimum Gasteiger partial charge on any atom is -0.437 e. The van der Waals surface area contributed by atoms with E-state index in [9.17, 15) is 4.79 Å². The summed E-state index contributed by atoms with van der Waals surface area (Å²) in [6, 6.07) is 5.42. The smallest absolute Gasteiger partial charge is 0.248 e. The average molecular weight is 300 g/mol. The molecule has 0 saturated heterocycles. The van der Waals surface area contributed by atoms with E-state index in [-0.39, 0.29) is 16.8 Å². The molecule has 0 unspecified atom stereocenters. The van der Waals surface area contributed by atoms with E-state index in [1.165, 1.54) is 12.4 Å². The lowest BCUT2D eigenvalue weighted by Crippen LogP contribution is -2.18. The number of thiocarbonyl (C=S) groups is 1. The maximum absolute atomic E-state index is 11.3. The molecule has 0 atom stereocenters. The molecule has 7 heteroatoms. The Morgan fingerprint density at radius 3 is 2.90 bits per heavy atom. The first-order valence-corrected chi connectivity index (χ1v) is 6.76. The van der Waals surface area contributed by atoms with Crippen LogP contribution >= 0.6 is 12.2 Å². The summed E-state index contributed by atoms with van der Waals surface area (Å²) in [5, 5.41) is 2.82. The molecule has 106 valence electrons. The maximum Gasteiger partial charge on any atom is 0.248 e. The van der Waals surface area contributed by atoms with E-state index in [0.717, 1.165) is 11.3 Å². The van der Waals surface area contributed by atoms with Gasteiger partial charge in [0.05, 0.1) is 0 Å². The summed E-state index contributed by atoms with van der Waals surface area (Å²) >= 11 is 4.92. The first-order chi connectivity index (χ1) is 10.1. The first kappa shape index (κ1) is 13.4. The molecule has 21 heavy (non-hydrogen) atoms. The van der Waals surface area contributed by atoms with Gasteiger partial charge in [-0.25, -0.2) is 9.97 Å². The number of anilines is 1. The zero-order chi connectivity index (χ0) is 14.8. The molecule has 1 aliphatic rings. The number of hydrogen-bond acceptors (Lipinski definition) is 5. The molecule has 0 saturated carbocycles. The van der Waals surface area contributed by atoms with Crippen molar-refractivity contribution in [1.29, 1.82) is 0 Å². The molecule has 1 aromatic carbocycles. The van der Waals surface area contributed by atoms with Crippen LogP contribution in [0.2, 0.25) is 0 Å². The largest absolute Gasteiger partial charge is 0.437 e. The van der Waals surface area contributed by atoms with Gasteiger partial charge in [0.15, 0.2) is 5.69 Å². The third-order valence-corrected chi connectivity index (χ3v) is 3.28. The van der Waals surface area contributed by atoms with Crippen molar-refractivity contribution in [1.82, 2.24) is 9.97 Å². The van der Waals surface area contributed by atoms with Crippen LogP contribution in [0.15, 0.2) is 30.6 Å². The second-order valence-electron chi connectivity index (χ2n) is 4.54. The van der Waals surface area contributed by atoms with Crippen molar-refractivity contribution < 1.29 is 9.53 Å². The van der Waals surface area contributed by atoms with Gasteiger partial charge in [-0.2, -0.15) is 0 Å². The van der Waals surface area contributed by atoms with Crippen LogP contribution in [0.4, 0.5) is 5.69 Å². The summed E-state index contributed by atoms with van der Waals surface area (Å²) in [6.07, 6.45) is 4.17. The standard InChI is InChI=1S/C14H12N4O2S/c15-13(21)12-14(17-6-5-16-12)20-9-2-3-10-8(7-9)1-4-11(19)18-10/h2-3,5-7H,1,4H2,(H2,15,21)(H,18,19). The number of nitrogens with one attached hydrogen (secondary N) is 1. The number of benzene rings is 1. The summed E-state index contributed by atoms with van der Waals surface area (Å²) in [5.41, 5.74) is 7.78. The Kier molecular flexibility index (Phi) is 3.49. The minimum absolute atomic E-state index is 0.0286. The fourth-order valence-electron chi connectivity index (χ4n) is 2.10. The number of hydrogen-bond donors (Lipinski definition) is 2. The van der Waals surface area contributed by atoms with E-state index in [2.05, 4.69) is 15.3 Å². The van der Waals surface area contributed by atoms with Gasteiger partial charge in [0.2, 0.25) is 11.8 Å². The highest BCUT2D eigenvalue weighted by Crippen LogP contribution is 2.29. The van der Waals surface area contributed by atoms with Gasteiger partial charge in [0.1, 0.15) is 10.7 Å². The third-order valence-electron chi connectivity index (χ3n) is 3.08. The molecule has 1 amide bonds. The third kappa shape index (κ3) is 2.82. The molecule has 3 N–H and O–H groups in total. The van der Waals surface area contributed by atoms with Crippen LogP contribution in [-0.2, 0) is 11.2 Å². The van der Waals surface area contributed by atoms with Crippen LogP contribution in [0.1, 0.15) is 17.7 Å². The second-order valence-corrected chi connectivity index (χ2v) is 4.98. The van der Waals surface area contributed by atoms with Crippen molar-refractivity contribution in [3.8, 4) is 11.6 Å². The number of carbonyl (C=O) groups is 1. The van der Waals surface area contributed by atoms with E-state index in [0.29, 0.717) is 24.3 Å². The van der Waals surface area contributed by atoms with Crippen LogP contribution in [-0.4, -0.2) is 20.9 Å². The highest BCUT2D eigenvalue weighted by Gasteiger charge is 2.16. The number of nitrogens with two attached hydrogens (primary N) is 1. The molecular formula is C14H12N4O2S. The Bertz CT molecular complexity index is 733. The van der Waals surface area contributed by atoms with Crippen molar-refractivity contribution in [3.05, 3.63) is 41.9 Å². The van der Waals surface area contributed by atoms with Gasteiger partial charge < -0.3 is 15.8 Å². The summed E-state index contributed by atoms with van der Waals surface area (Å²) in [6.45, 7) is 0. The number of amides is 1. The van der Waals surface area contributed by atoms with Gasteiger partial charge in [0, 0.05) is 24.5 Å². The Labute approximate surface area is 126 Å². The molecule has 0 radical (unpaired) electrons. The van der Waals surface area contributed by atoms with Crippen molar-refractivity contribution in [2.45, 2.75) is 12.8 Å². The van der Waals surface area contributed by atoms with Crippen LogP contribution < -0.4 is 15.8 Å². The topological polar surface area (TPSA) is 90.1 Å². The molecule has 6 nitrogen and oxygen atoms in total. The lowest BCUT2D eigenvalue weighted by atomic mass is 10.0. The van der Waals surface area contributed by atoms with Crippen molar-refractivity contribution in [3.63, 3.8) is 0 Å². The first-order valence-electron chi connectivity index (χ1n) is 6.35. The van der Waals surface area contributed by atoms with Crippen LogP contribution in [0.3, 0.4) is 0 Å². The number of ether oxygens (including phenoxy) is 1. The fraction of sp³-hybridized carbons (Fsp3) is 0.143. The molecular weight excluding hydrogens is 288 g/mol. The predicted molar refractivity (Wildman–Crippen MR) is 81.4 cm³/mol. The Morgan fingerprint density at radius 1 is 1.29 bits per heavy atom. The highest BCUT2D eigenvalue weighted by molar-refractivity contribution is 7.80. The van der Waals surface area contributed by atoms with Crippen molar-refractivity contribution >= 4 is 28.8 Å². The van der Waals surface area contributed by atoms with Crippen LogP contribution in [0.5, 0.6) is 11.6 Å². The Hall–Kier alpha value is -2.54. The Morgan fingerprint density at radius 2 is 2.10 bits per heavy atom. The molecule has 0 aliphatic carbocycles. The normalized spacial score (nSPS) is 13.2. The minimum atomic E-state index is 0.0286. The SMILES string of the molecule is NC(=S)c1nccnc1Oc1ccc2c(c1)CCC(=O)N2. The number of rotatable bonds is 3. The van der Waals surface area contributed by atoms with Crippen LogP contribution in [0.25, 0.3) is 0 Å². The number of carbonyl (C=O) groups excluding carboxylic acids is 1. The lowest BCUT2D eigenvalue weighted by Gasteiger charge is -2.17. The van der Waals surface area contributed by atoms with Crippen molar-refractivity contribution in [2.24, 2.45) is 5.73 Å². The molecule has 0 spiro atoms. The Balaban J connectivity index is 1.89. The number of nitrogens with zero attached hydrogens (tertiary/aromatic N) is 2. The lowest BCUT2D eigenvalue weighted by molar-refractivity contribution is -0.116. The summed E-state index contributed by atoms with van der Waals surface area (Å²) in [5.74, 6) is 0.897. The van der Waals surface area contributed by atoms with E-state index >= 15 is 0 Å². The van der Waals surface area contributed by atoms with Gasteiger partial charge in [-0.15, -0.1) is 0 Å². The zero-order valence-electron chi connectivity index (χ0n) is 11.0. The van der Waals surface area contributed by atoms with Gasteiger partial charge >= 0.3 is 0 Å². The van der Waals surface area contributed by atoms with Gasteiger partial charge in [-0.05, 0) is 30.2 Å². The monoisotopic (exact) mass is 300 g/mol. The molecule has 0 bridgehead atoms. The molecule has 0 fully saturated rings. The fourth-order valence-corrected chi connectivity index (χ4v) is 2.24. The van der Waals surface area contributed by atoms with E-state index < -0.39 is 0 Å². The molecule has 2 aromatic rings. The molecule has 1 aliphatic heterocycles. The van der Waals surface area contributed by atoms with Crippen molar-refractivity contribution in [2.75, 3.05) is 5.32 Å². The van der Waals surface area contributed by atoms with E-state index in [1.54, 1.807) is 12.1 Å². The maximum atomic E-state index is 11.3. The average Bonchev–Trinajstić information content (AvgIpc) is 2.48. The summed E-state index contributed by atoms with van der Waals surface area (Å²) in [7, 11) is 0. The molecule has 3 rings (SSSR count). The van der Waals surface area contributed by atoms with Gasteiger partial charge in [-0.1, -0.05) is 12.2 Å². The number of fused-ring (bicyclic) bond motifs is 1. The second kappa shape index (κ2) is 5.45. The van der Waals surface area contributed by atoms with Crippen LogP contribution in [0, 0.1) is 0 Å².